The first-order valence-electron chi connectivity index (χ1n) is 10.8. The van der Waals surface area contributed by atoms with Crippen LogP contribution in [0.1, 0.15) is 22.8 Å². The smallest absolute Gasteiger partial charge is 0.249 e. The van der Waals surface area contributed by atoms with Gasteiger partial charge in [-0.15, -0.1) is 0 Å². The maximum Gasteiger partial charge on any atom is 0.249 e. The number of carbonyl (C=O) groups is 1. The summed E-state index contributed by atoms with van der Waals surface area (Å²) in [6, 6.07) is 30.6. The Balaban J connectivity index is 1.75. The topological polar surface area (TPSA) is 57.2 Å². The van der Waals surface area contributed by atoms with Gasteiger partial charge in [-0.25, -0.2) is 0 Å². The SMILES string of the molecule is CCOc1cccc(Cn2c3cc(-c4ccccc4)ccc3c3c(C(N)=O)cccc32)c1. The zero-order chi connectivity index (χ0) is 22.1. The van der Waals surface area contributed by atoms with Gasteiger partial charge in [0.2, 0.25) is 5.91 Å². The molecule has 32 heavy (non-hydrogen) atoms. The number of nitrogens with zero attached hydrogens (tertiary/aromatic N) is 1. The number of benzene rings is 4. The molecule has 0 fully saturated rings. The van der Waals surface area contributed by atoms with Crippen molar-refractivity contribution in [2.75, 3.05) is 6.61 Å². The molecule has 1 aromatic heterocycles. The zero-order valence-corrected chi connectivity index (χ0v) is 17.9. The monoisotopic (exact) mass is 420 g/mol. The number of carbonyl (C=O) groups excluding carboxylic acids is 1. The third-order valence-electron chi connectivity index (χ3n) is 5.81. The Hall–Kier alpha value is -4.05. The normalized spacial score (nSPS) is 11.2. The summed E-state index contributed by atoms with van der Waals surface area (Å²) >= 11 is 0. The summed E-state index contributed by atoms with van der Waals surface area (Å²) in [5, 5.41) is 1.92. The molecule has 1 heterocycles. The van der Waals surface area contributed by atoms with E-state index < -0.39 is 5.91 Å². The maximum atomic E-state index is 12.2. The van der Waals surface area contributed by atoms with Crippen molar-refractivity contribution >= 4 is 27.7 Å². The molecule has 0 bridgehead atoms. The Morgan fingerprint density at radius 3 is 2.44 bits per heavy atom. The number of rotatable bonds is 6. The first-order valence-corrected chi connectivity index (χ1v) is 10.8. The van der Waals surface area contributed by atoms with Crippen molar-refractivity contribution in [1.82, 2.24) is 4.57 Å². The van der Waals surface area contributed by atoms with Crippen LogP contribution in [-0.4, -0.2) is 17.1 Å². The molecule has 0 unspecified atom stereocenters. The third-order valence-corrected chi connectivity index (χ3v) is 5.81. The van der Waals surface area contributed by atoms with Crippen LogP contribution in [0, 0.1) is 0 Å². The Labute approximate surface area is 186 Å². The molecule has 158 valence electrons. The average Bonchev–Trinajstić information content (AvgIpc) is 3.13. The standard InChI is InChI=1S/C28H24N2O2/c1-2-32-22-11-6-8-19(16-22)18-30-25-13-7-12-24(28(29)31)27(25)23-15-14-21(17-26(23)30)20-9-4-3-5-10-20/h3-17H,2,18H2,1H3,(H2,29,31). The van der Waals surface area contributed by atoms with Crippen molar-refractivity contribution in [3.05, 3.63) is 102 Å². The van der Waals surface area contributed by atoms with Gasteiger partial charge >= 0.3 is 0 Å². The van der Waals surface area contributed by atoms with Crippen LogP contribution in [0.3, 0.4) is 0 Å². The lowest BCUT2D eigenvalue weighted by Gasteiger charge is -2.11. The summed E-state index contributed by atoms with van der Waals surface area (Å²) in [5.74, 6) is 0.439. The maximum absolute atomic E-state index is 12.2. The van der Waals surface area contributed by atoms with Crippen molar-refractivity contribution in [3.63, 3.8) is 0 Å². The summed E-state index contributed by atoms with van der Waals surface area (Å²) < 4.78 is 7.96. The predicted molar refractivity (Wildman–Crippen MR) is 130 cm³/mol. The number of hydrogen-bond acceptors (Lipinski definition) is 2. The number of ether oxygens (including phenoxy) is 1. The van der Waals surface area contributed by atoms with E-state index >= 15 is 0 Å². The Kier molecular flexibility index (Phi) is 5.12. The van der Waals surface area contributed by atoms with Crippen LogP contribution in [-0.2, 0) is 6.54 Å². The first kappa shape index (κ1) is 19.9. The number of aromatic nitrogens is 1. The molecule has 1 amide bonds. The highest BCUT2D eigenvalue weighted by atomic mass is 16.5. The van der Waals surface area contributed by atoms with Gasteiger partial charge in [-0.2, -0.15) is 0 Å². The molecule has 0 saturated heterocycles. The van der Waals surface area contributed by atoms with E-state index in [4.69, 9.17) is 10.5 Å². The van der Waals surface area contributed by atoms with Crippen molar-refractivity contribution in [2.45, 2.75) is 13.5 Å². The van der Waals surface area contributed by atoms with Gasteiger partial charge in [0, 0.05) is 22.9 Å². The van der Waals surface area contributed by atoms with E-state index in [0.717, 1.165) is 44.2 Å². The van der Waals surface area contributed by atoms with Crippen molar-refractivity contribution in [1.29, 1.82) is 0 Å². The Morgan fingerprint density at radius 2 is 1.66 bits per heavy atom. The lowest BCUT2D eigenvalue weighted by molar-refractivity contribution is 0.100. The van der Waals surface area contributed by atoms with Gasteiger partial charge in [0.15, 0.2) is 0 Å². The summed E-state index contributed by atoms with van der Waals surface area (Å²) in [7, 11) is 0. The molecule has 0 saturated carbocycles. The Morgan fingerprint density at radius 1 is 0.844 bits per heavy atom. The lowest BCUT2D eigenvalue weighted by Crippen LogP contribution is -2.11. The van der Waals surface area contributed by atoms with Gasteiger partial charge in [-0.05, 0) is 53.9 Å². The average molecular weight is 421 g/mol. The van der Waals surface area contributed by atoms with Crippen LogP contribution in [0.5, 0.6) is 5.75 Å². The van der Waals surface area contributed by atoms with E-state index in [-0.39, 0.29) is 0 Å². The van der Waals surface area contributed by atoms with Gasteiger partial charge in [0.1, 0.15) is 5.75 Å². The summed E-state index contributed by atoms with van der Waals surface area (Å²) in [5.41, 5.74) is 11.8. The molecule has 5 aromatic rings. The fourth-order valence-electron chi connectivity index (χ4n) is 4.41. The number of fused-ring (bicyclic) bond motifs is 3. The molecular weight excluding hydrogens is 396 g/mol. The largest absolute Gasteiger partial charge is 0.494 e. The second-order valence-electron chi connectivity index (χ2n) is 7.83. The molecule has 0 atom stereocenters. The van der Waals surface area contributed by atoms with Crippen molar-refractivity contribution in [2.24, 2.45) is 5.73 Å². The minimum absolute atomic E-state index is 0.417. The second-order valence-corrected chi connectivity index (χ2v) is 7.83. The van der Waals surface area contributed by atoms with Crippen molar-refractivity contribution in [3.8, 4) is 16.9 Å². The second kappa shape index (κ2) is 8.23. The molecule has 5 rings (SSSR count). The van der Waals surface area contributed by atoms with E-state index in [1.54, 1.807) is 6.07 Å². The highest BCUT2D eigenvalue weighted by Gasteiger charge is 2.17. The van der Waals surface area contributed by atoms with Crippen LogP contribution in [0.2, 0.25) is 0 Å². The number of amides is 1. The third kappa shape index (κ3) is 3.50. The molecule has 0 radical (unpaired) electrons. The molecule has 0 spiro atoms. The summed E-state index contributed by atoms with van der Waals surface area (Å²) in [6.45, 7) is 3.26. The fraction of sp³-hybridized carbons (Fsp3) is 0.107. The molecule has 4 heteroatoms. The molecule has 4 aromatic carbocycles. The number of hydrogen-bond donors (Lipinski definition) is 1. The minimum atomic E-state index is -0.417. The molecule has 2 N–H and O–H groups in total. The summed E-state index contributed by atoms with van der Waals surface area (Å²) in [6.07, 6.45) is 0. The molecular formula is C28H24N2O2. The molecule has 0 aliphatic heterocycles. The van der Waals surface area contributed by atoms with Gasteiger partial charge in [0.25, 0.3) is 0 Å². The molecule has 4 nitrogen and oxygen atoms in total. The highest BCUT2D eigenvalue weighted by molar-refractivity contribution is 6.18. The van der Waals surface area contributed by atoms with Gasteiger partial charge in [0.05, 0.1) is 17.6 Å². The number of primary amides is 1. The van der Waals surface area contributed by atoms with Gasteiger partial charge in [-0.1, -0.05) is 60.7 Å². The van der Waals surface area contributed by atoms with E-state index in [1.165, 1.54) is 0 Å². The minimum Gasteiger partial charge on any atom is -0.494 e. The van der Waals surface area contributed by atoms with E-state index in [1.807, 2.05) is 43.3 Å². The Bertz CT molecular complexity index is 1430. The zero-order valence-electron chi connectivity index (χ0n) is 17.9. The van der Waals surface area contributed by atoms with Crippen LogP contribution >= 0.6 is 0 Å². The van der Waals surface area contributed by atoms with Crippen LogP contribution in [0.15, 0.2) is 91.0 Å². The first-order chi connectivity index (χ1) is 15.7. The predicted octanol–water partition coefficient (Wildman–Crippen LogP) is 6.01. The van der Waals surface area contributed by atoms with E-state index in [9.17, 15) is 4.79 Å². The number of nitrogens with two attached hydrogens (primary N) is 1. The highest BCUT2D eigenvalue weighted by Crippen LogP contribution is 2.35. The van der Waals surface area contributed by atoms with E-state index in [0.29, 0.717) is 18.7 Å². The fourth-order valence-corrected chi connectivity index (χ4v) is 4.41. The molecule has 0 aliphatic rings. The van der Waals surface area contributed by atoms with Gasteiger partial charge in [-0.3, -0.25) is 4.79 Å². The molecule has 0 aliphatic carbocycles. The quantitative estimate of drug-likeness (QED) is 0.366. The van der Waals surface area contributed by atoms with Crippen LogP contribution < -0.4 is 10.5 Å². The lowest BCUT2D eigenvalue weighted by atomic mass is 10.0. The van der Waals surface area contributed by atoms with Crippen molar-refractivity contribution < 1.29 is 9.53 Å². The van der Waals surface area contributed by atoms with Crippen LogP contribution in [0.25, 0.3) is 32.9 Å². The van der Waals surface area contributed by atoms with Gasteiger partial charge < -0.3 is 15.0 Å². The van der Waals surface area contributed by atoms with Crippen LogP contribution in [0.4, 0.5) is 0 Å². The van der Waals surface area contributed by atoms with E-state index in [2.05, 4.69) is 53.1 Å². The summed E-state index contributed by atoms with van der Waals surface area (Å²) in [4.78, 5) is 12.2.